The average molecular weight is 404 g/mol. The molecule has 0 spiro atoms. The van der Waals surface area contributed by atoms with Crippen LogP contribution in [0.15, 0.2) is 27.3 Å². The highest BCUT2D eigenvalue weighted by Crippen LogP contribution is 2.31. The van der Waals surface area contributed by atoms with Crippen molar-refractivity contribution in [1.29, 1.82) is 0 Å². The van der Waals surface area contributed by atoms with Crippen LogP contribution in [-0.4, -0.2) is 28.1 Å². The molecule has 1 N–H and O–H groups in total. The first-order valence-electron chi connectivity index (χ1n) is 5.67. The minimum Gasteiger partial charge on any atom is -0.465 e. The zero-order chi connectivity index (χ0) is 14.7. The van der Waals surface area contributed by atoms with Crippen molar-refractivity contribution in [1.82, 2.24) is 15.0 Å². The predicted molar refractivity (Wildman–Crippen MR) is 81.5 cm³/mol. The summed E-state index contributed by atoms with van der Waals surface area (Å²) < 4.78 is 7.96. The van der Waals surface area contributed by atoms with Crippen molar-refractivity contribution < 1.29 is 9.53 Å². The van der Waals surface area contributed by atoms with E-state index < -0.39 is 5.97 Å². The number of aromatic nitrogens is 3. The summed E-state index contributed by atoms with van der Waals surface area (Å²) in [6, 6.07) is 3.56. The molecule has 0 atom stereocenters. The van der Waals surface area contributed by atoms with E-state index in [2.05, 4.69) is 47.5 Å². The Bertz CT molecular complexity index is 642. The van der Waals surface area contributed by atoms with Gasteiger partial charge >= 0.3 is 5.97 Å². The number of halogens is 2. The van der Waals surface area contributed by atoms with Crippen molar-refractivity contribution in [2.75, 3.05) is 12.4 Å². The summed E-state index contributed by atoms with van der Waals surface area (Å²) in [7, 11) is 3.15. The first kappa shape index (κ1) is 15.0. The molecule has 1 aromatic carbocycles. The van der Waals surface area contributed by atoms with E-state index in [1.54, 1.807) is 24.0 Å². The number of hydrogen-bond donors (Lipinski definition) is 1. The molecule has 0 amide bonds. The van der Waals surface area contributed by atoms with Gasteiger partial charge in [-0.3, -0.25) is 4.68 Å². The molecule has 2 aromatic rings. The van der Waals surface area contributed by atoms with Gasteiger partial charge in [0.25, 0.3) is 0 Å². The van der Waals surface area contributed by atoms with Crippen molar-refractivity contribution in [3.8, 4) is 0 Å². The summed E-state index contributed by atoms with van der Waals surface area (Å²) >= 11 is 6.79. The van der Waals surface area contributed by atoms with Crippen LogP contribution in [0.3, 0.4) is 0 Å². The van der Waals surface area contributed by atoms with Crippen LogP contribution in [0, 0.1) is 0 Å². The van der Waals surface area contributed by atoms with Gasteiger partial charge in [-0.25, -0.2) is 4.79 Å². The Morgan fingerprint density at radius 1 is 1.45 bits per heavy atom. The summed E-state index contributed by atoms with van der Waals surface area (Å²) in [5.74, 6) is -0.409. The number of carbonyl (C=O) groups excluding carboxylic acids is 1. The number of carbonyl (C=O) groups is 1. The van der Waals surface area contributed by atoms with Crippen LogP contribution in [0.4, 0.5) is 5.69 Å². The van der Waals surface area contributed by atoms with Crippen LogP contribution in [0.2, 0.25) is 0 Å². The highest BCUT2D eigenvalue weighted by atomic mass is 79.9. The molecule has 1 aromatic heterocycles. The third-order valence-electron chi connectivity index (χ3n) is 2.56. The molecule has 0 unspecified atom stereocenters. The molecular formula is C12H12Br2N4O2. The van der Waals surface area contributed by atoms with E-state index in [-0.39, 0.29) is 0 Å². The Morgan fingerprint density at radius 2 is 2.20 bits per heavy atom. The van der Waals surface area contributed by atoms with Gasteiger partial charge in [-0.2, -0.15) is 0 Å². The summed E-state index contributed by atoms with van der Waals surface area (Å²) in [6.07, 6.45) is 1.80. The number of anilines is 1. The average Bonchev–Trinajstić information content (AvgIpc) is 2.81. The van der Waals surface area contributed by atoms with E-state index in [0.29, 0.717) is 17.8 Å². The van der Waals surface area contributed by atoms with Crippen molar-refractivity contribution in [3.63, 3.8) is 0 Å². The number of hydrogen-bond acceptors (Lipinski definition) is 5. The topological polar surface area (TPSA) is 69.0 Å². The van der Waals surface area contributed by atoms with Crippen molar-refractivity contribution in [3.05, 3.63) is 38.5 Å². The summed E-state index contributed by atoms with van der Waals surface area (Å²) in [4.78, 5) is 11.8. The Hall–Kier alpha value is -1.41. The Kier molecular flexibility index (Phi) is 4.77. The number of methoxy groups -OCH3 is 1. The standard InChI is InChI=1S/C12H12Br2N4O2/c1-18-6-8(16-17-18)5-15-11-9(12(19)20-2)3-7(13)4-10(11)14/h3-4,6,15H,5H2,1-2H3. The molecular weight excluding hydrogens is 392 g/mol. The monoisotopic (exact) mass is 402 g/mol. The smallest absolute Gasteiger partial charge is 0.340 e. The van der Waals surface area contributed by atoms with Crippen LogP contribution in [0.1, 0.15) is 16.1 Å². The largest absolute Gasteiger partial charge is 0.465 e. The maximum Gasteiger partial charge on any atom is 0.340 e. The number of rotatable bonds is 4. The number of esters is 1. The third-order valence-corrected chi connectivity index (χ3v) is 3.64. The molecule has 0 aliphatic rings. The Morgan fingerprint density at radius 3 is 2.80 bits per heavy atom. The molecule has 0 bridgehead atoms. The SMILES string of the molecule is COC(=O)c1cc(Br)cc(Br)c1NCc1cn(C)nn1. The van der Waals surface area contributed by atoms with Gasteiger partial charge in [0.05, 0.1) is 24.9 Å². The molecule has 0 aliphatic heterocycles. The maximum absolute atomic E-state index is 11.8. The molecule has 0 fully saturated rings. The van der Waals surface area contributed by atoms with Crippen LogP contribution >= 0.6 is 31.9 Å². The van der Waals surface area contributed by atoms with Gasteiger partial charge in [-0.05, 0) is 28.1 Å². The maximum atomic E-state index is 11.8. The van der Waals surface area contributed by atoms with Crippen LogP contribution in [0.5, 0.6) is 0 Å². The Labute approximate surface area is 132 Å². The molecule has 20 heavy (non-hydrogen) atoms. The van der Waals surface area contributed by atoms with Crippen LogP contribution in [-0.2, 0) is 18.3 Å². The van der Waals surface area contributed by atoms with Gasteiger partial charge in [-0.15, -0.1) is 5.10 Å². The normalized spacial score (nSPS) is 10.4. The van der Waals surface area contributed by atoms with E-state index in [1.807, 2.05) is 6.07 Å². The van der Waals surface area contributed by atoms with Crippen molar-refractivity contribution >= 4 is 43.5 Å². The molecule has 6 nitrogen and oxygen atoms in total. The van der Waals surface area contributed by atoms with Gasteiger partial charge < -0.3 is 10.1 Å². The number of nitrogens with one attached hydrogen (secondary N) is 1. The van der Waals surface area contributed by atoms with Gasteiger partial charge in [0.1, 0.15) is 5.69 Å². The molecule has 106 valence electrons. The van der Waals surface area contributed by atoms with Crippen molar-refractivity contribution in [2.24, 2.45) is 7.05 Å². The van der Waals surface area contributed by atoms with E-state index in [0.717, 1.165) is 14.6 Å². The van der Waals surface area contributed by atoms with Gasteiger partial charge in [0.15, 0.2) is 0 Å². The second-order valence-electron chi connectivity index (χ2n) is 4.04. The van der Waals surface area contributed by atoms with Gasteiger partial charge in [-0.1, -0.05) is 21.1 Å². The summed E-state index contributed by atoms with van der Waals surface area (Å²) in [5.41, 5.74) is 1.88. The molecule has 0 saturated heterocycles. The molecule has 1 heterocycles. The number of benzene rings is 1. The first-order valence-corrected chi connectivity index (χ1v) is 7.26. The van der Waals surface area contributed by atoms with E-state index in [1.165, 1.54) is 7.11 Å². The minimum absolute atomic E-state index is 0.409. The first-order chi connectivity index (χ1) is 9.51. The minimum atomic E-state index is -0.409. The van der Waals surface area contributed by atoms with Gasteiger partial charge in [0.2, 0.25) is 0 Å². The second kappa shape index (κ2) is 6.36. The molecule has 8 heteroatoms. The van der Waals surface area contributed by atoms with Crippen LogP contribution < -0.4 is 5.32 Å². The molecule has 2 rings (SSSR count). The fraction of sp³-hybridized carbons (Fsp3) is 0.250. The fourth-order valence-corrected chi connectivity index (χ4v) is 3.04. The number of aryl methyl sites for hydroxylation is 1. The van der Waals surface area contributed by atoms with E-state index in [9.17, 15) is 4.79 Å². The molecule has 0 saturated carbocycles. The lowest BCUT2D eigenvalue weighted by Crippen LogP contribution is -2.09. The third kappa shape index (κ3) is 3.37. The number of nitrogens with zero attached hydrogens (tertiary/aromatic N) is 3. The zero-order valence-electron chi connectivity index (χ0n) is 10.9. The fourth-order valence-electron chi connectivity index (χ4n) is 1.68. The zero-order valence-corrected chi connectivity index (χ0v) is 14.0. The summed E-state index contributed by atoms with van der Waals surface area (Å²) in [6.45, 7) is 0.456. The lowest BCUT2D eigenvalue weighted by Gasteiger charge is -2.12. The van der Waals surface area contributed by atoms with E-state index >= 15 is 0 Å². The lowest BCUT2D eigenvalue weighted by molar-refractivity contribution is 0.0601. The predicted octanol–water partition coefficient (Wildman–Crippen LogP) is 2.74. The van der Waals surface area contributed by atoms with Crippen LogP contribution in [0.25, 0.3) is 0 Å². The van der Waals surface area contributed by atoms with Gasteiger partial charge in [0, 0.05) is 22.2 Å². The molecule has 0 radical (unpaired) electrons. The quantitative estimate of drug-likeness (QED) is 0.795. The lowest BCUT2D eigenvalue weighted by atomic mass is 10.1. The highest BCUT2D eigenvalue weighted by molar-refractivity contribution is 9.11. The van der Waals surface area contributed by atoms with Crippen molar-refractivity contribution in [2.45, 2.75) is 6.54 Å². The second-order valence-corrected chi connectivity index (χ2v) is 5.81. The summed E-state index contributed by atoms with van der Waals surface area (Å²) in [5, 5.41) is 11.0. The number of ether oxygens (including phenoxy) is 1. The Balaban J connectivity index is 2.27. The molecule has 0 aliphatic carbocycles. The van der Waals surface area contributed by atoms with E-state index in [4.69, 9.17) is 4.74 Å². The highest BCUT2D eigenvalue weighted by Gasteiger charge is 2.16.